The van der Waals surface area contributed by atoms with Crippen molar-refractivity contribution in [2.24, 2.45) is 5.92 Å². The summed E-state index contributed by atoms with van der Waals surface area (Å²) in [6.07, 6.45) is 5.56. The Labute approximate surface area is 111 Å². The van der Waals surface area contributed by atoms with Crippen LogP contribution in [0.2, 0.25) is 0 Å². The van der Waals surface area contributed by atoms with Gasteiger partial charge in [-0.15, -0.1) is 0 Å². The predicted molar refractivity (Wildman–Crippen MR) is 72.5 cm³/mol. The fraction of sp³-hybridized carbons (Fsp3) is 1.00. The van der Waals surface area contributed by atoms with Crippen molar-refractivity contribution in [3.8, 4) is 0 Å². The van der Waals surface area contributed by atoms with E-state index in [1.54, 1.807) is 0 Å². The highest BCUT2D eigenvalue weighted by molar-refractivity contribution is 4.71. The second-order valence-corrected chi connectivity index (χ2v) is 5.81. The molecule has 4 nitrogen and oxygen atoms in total. The molecule has 1 saturated carbocycles. The first-order chi connectivity index (χ1) is 8.61. The minimum atomic E-state index is -0.480. The Morgan fingerprint density at radius 3 is 2.50 bits per heavy atom. The van der Waals surface area contributed by atoms with Crippen molar-refractivity contribution >= 4 is 0 Å². The first-order valence-corrected chi connectivity index (χ1v) is 7.25. The highest BCUT2D eigenvalue weighted by Crippen LogP contribution is 2.20. The summed E-state index contributed by atoms with van der Waals surface area (Å²) in [5.41, 5.74) is 0. The van der Waals surface area contributed by atoms with Gasteiger partial charge in [-0.25, -0.2) is 0 Å². The summed E-state index contributed by atoms with van der Waals surface area (Å²) in [5, 5.41) is 22.2. The quantitative estimate of drug-likeness (QED) is 0.584. The van der Waals surface area contributed by atoms with Crippen LogP contribution in [0.5, 0.6) is 0 Å². The van der Waals surface area contributed by atoms with E-state index < -0.39 is 6.10 Å². The average Bonchev–Trinajstić information content (AvgIpc) is 2.84. The van der Waals surface area contributed by atoms with Crippen LogP contribution in [0.25, 0.3) is 0 Å². The molecule has 1 aliphatic rings. The molecule has 0 saturated heterocycles. The predicted octanol–water partition coefficient (Wildman–Crippen LogP) is 1.30. The van der Waals surface area contributed by atoms with Gasteiger partial charge in [-0.3, -0.25) is 0 Å². The molecule has 0 aromatic rings. The van der Waals surface area contributed by atoms with Gasteiger partial charge in [0, 0.05) is 12.6 Å². The average molecular weight is 259 g/mol. The lowest BCUT2D eigenvalue weighted by Gasteiger charge is -2.21. The summed E-state index contributed by atoms with van der Waals surface area (Å²) in [6.45, 7) is 5.27. The zero-order valence-electron chi connectivity index (χ0n) is 11.8. The molecule has 0 heterocycles. The van der Waals surface area contributed by atoms with Crippen LogP contribution < -0.4 is 5.32 Å². The first-order valence-electron chi connectivity index (χ1n) is 7.25. The fourth-order valence-corrected chi connectivity index (χ4v) is 2.46. The molecule has 0 aromatic carbocycles. The summed E-state index contributed by atoms with van der Waals surface area (Å²) < 4.78 is 5.66. The van der Waals surface area contributed by atoms with Gasteiger partial charge in [-0.1, -0.05) is 26.7 Å². The Bertz CT molecular complexity index is 205. The number of rotatable bonds is 9. The second kappa shape index (κ2) is 8.86. The molecular weight excluding hydrogens is 230 g/mol. The van der Waals surface area contributed by atoms with Gasteiger partial charge in [-0.05, 0) is 25.2 Å². The van der Waals surface area contributed by atoms with Gasteiger partial charge in [0.25, 0.3) is 0 Å². The van der Waals surface area contributed by atoms with E-state index in [9.17, 15) is 10.2 Å². The first kappa shape index (κ1) is 15.9. The molecule has 3 N–H and O–H groups in total. The molecule has 4 heteroatoms. The summed E-state index contributed by atoms with van der Waals surface area (Å²) in [6, 6.07) is 0.0751. The molecule has 1 rings (SSSR count). The van der Waals surface area contributed by atoms with Gasteiger partial charge in [0.05, 0.1) is 25.4 Å². The Hall–Kier alpha value is -0.160. The molecule has 2 unspecified atom stereocenters. The lowest BCUT2D eigenvalue weighted by Crippen LogP contribution is -2.40. The van der Waals surface area contributed by atoms with Crippen LogP contribution in [0.15, 0.2) is 0 Å². The van der Waals surface area contributed by atoms with Crippen molar-refractivity contribution in [1.29, 1.82) is 0 Å². The zero-order chi connectivity index (χ0) is 13.4. The number of ether oxygens (including phenoxy) is 1. The maximum atomic E-state index is 9.82. The monoisotopic (exact) mass is 259 g/mol. The van der Waals surface area contributed by atoms with Crippen LogP contribution in [-0.4, -0.2) is 48.2 Å². The third-order valence-electron chi connectivity index (χ3n) is 3.44. The molecule has 108 valence electrons. The highest BCUT2D eigenvalue weighted by Gasteiger charge is 2.17. The van der Waals surface area contributed by atoms with Crippen LogP contribution in [0.1, 0.15) is 46.0 Å². The van der Waals surface area contributed by atoms with E-state index in [4.69, 9.17) is 4.74 Å². The van der Waals surface area contributed by atoms with Crippen molar-refractivity contribution in [2.45, 2.75) is 64.2 Å². The van der Waals surface area contributed by atoms with E-state index in [0.29, 0.717) is 25.2 Å². The van der Waals surface area contributed by atoms with Crippen LogP contribution in [0.3, 0.4) is 0 Å². The molecule has 0 aromatic heterocycles. The molecule has 0 bridgehead atoms. The fourth-order valence-electron chi connectivity index (χ4n) is 2.46. The van der Waals surface area contributed by atoms with Gasteiger partial charge < -0.3 is 20.3 Å². The Morgan fingerprint density at radius 2 is 1.94 bits per heavy atom. The molecule has 1 aliphatic carbocycles. The third kappa shape index (κ3) is 6.69. The summed E-state index contributed by atoms with van der Waals surface area (Å²) in [5.74, 6) is 0.543. The van der Waals surface area contributed by atoms with Crippen molar-refractivity contribution < 1.29 is 14.9 Å². The van der Waals surface area contributed by atoms with Crippen molar-refractivity contribution in [2.75, 3.05) is 19.8 Å². The van der Waals surface area contributed by atoms with E-state index >= 15 is 0 Å². The van der Waals surface area contributed by atoms with Crippen LogP contribution in [-0.2, 0) is 4.74 Å². The van der Waals surface area contributed by atoms with Crippen molar-refractivity contribution in [3.63, 3.8) is 0 Å². The number of hydrogen-bond acceptors (Lipinski definition) is 4. The van der Waals surface area contributed by atoms with Crippen LogP contribution in [0.4, 0.5) is 0 Å². The topological polar surface area (TPSA) is 61.7 Å². The van der Waals surface area contributed by atoms with Gasteiger partial charge in [-0.2, -0.15) is 0 Å². The normalized spacial score (nSPS) is 20.5. The Balaban J connectivity index is 2.08. The standard InChI is InChI=1S/C14H29NO3/c1-11(2)7-12(9-16)15-8-13(17)10-18-14-5-3-4-6-14/h11-17H,3-10H2,1-2H3. The van der Waals surface area contributed by atoms with Crippen molar-refractivity contribution in [3.05, 3.63) is 0 Å². The Morgan fingerprint density at radius 1 is 1.28 bits per heavy atom. The molecular formula is C14H29NO3. The molecule has 0 radical (unpaired) electrons. The summed E-state index contributed by atoms with van der Waals surface area (Å²) in [7, 11) is 0. The minimum Gasteiger partial charge on any atom is -0.395 e. The van der Waals surface area contributed by atoms with E-state index in [1.807, 2.05) is 0 Å². The molecule has 0 aliphatic heterocycles. The third-order valence-corrected chi connectivity index (χ3v) is 3.44. The maximum Gasteiger partial charge on any atom is 0.0897 e. The van der Waals surface area contributed by atoms with Gasteiger partial charge in [0.15, 0.2) is 0 Å². The van der Waals surface area contributed by atoms with E-state index in [1.165, 1.54) is 12.8 Å². The lowest BCUT2D eigenvalue weighted by molar-refractivity contribution is -0.00703. The number of nitrogens with one attached hydrogen (secondary N) is 1. The van der Waals surface area contributed by atoms with Crippen LogP contribution in [0, 0.1) is 5.92 Å². The SMILES string of the molecule is CC(C)CC(CO)NCC(O)COC1CCCC1. The van der Waals surface area contributed by atoms with E-state index in [0.717, 1.165) is 19.3 Å². The lowest BCUT2D eigenvalue weighted by atomic mass is 10.0. The largest absolute Gasteiger partial charge is 0.395 e. The maximum absolute atomic E-state index is 9.82. The molecule has 0 amide bonds. The van der Waals surface area contributed by atoms with Crippen molar-refractivity contribution in [1.82, 2.24) is 5.32 Å². The molecule has 1 fully saturated rings. The minimum absolute atomic E-state index is 0.0751. The smallest absolute Gasteiger partial charge is 0.0897 e. The van der Waals surface area contributed by atoms with Crippen LogP contribution >= 0.6 is 0 Å². The van der Waals surface area contributed by atoms with Gasteiger partial charge in [0.2, 0.25) is 0 Å². The number of aliphatic hydroxyl groups excluding tert-OH is 2. The molecule has 2 atom stereocenters. The zero-order valence-corrected chi connectivity index (χ0v) is 11.8. The summed E-state index contributed by atoms with van der Waals surface area (Å²) >= 11 is 0. The van der Waals surface area contributed by atoms with E-state index in [-0.39, 0.29) is 12.6 Å². The number of aliphatic hydroxyl groups is 2. The number of hydrogen-bond donors (Lipinski definition) is 3. The Kier molecular flexibility index (Phi) is 7.82. The van der Waals surface area contributed by atoms with E-state index in [2.05, 4.69) is 19.2 Å². The van der Waals surface area contributed by atoms with Gasteiger partial charge >= 0.3 is 0 Å². The van der Waals surface area contributed by atoms with Gasteiger partial charge in [0.1, 0.15) is 0 Å². The molecule has 18 heavy (non-hydrogen) atoms. The molecule has 0 spiro atoms. The highest BCUT2D eigenvalue weighted by atomic mass is 16.5. The second-order valence-electron chi connectivity index (χ2n) is 5.81. The summed E-state index contributed by atoms with van der Waals surface area (Å²) in [4.78, 5) is 0.